The summed E-state index contributed by atoms with van der Waals surface area (Å²) >= 11 is 0. The van der Waals surface area contributed by atoms with Crippen LogP contribution in [0, 0.1) is 5.92 Å². The van der Waals surface area contributed by atoms with E-state index in [0.29, 0.717) is 0 Å². The third-order valence-electron chi connectivity index (χ3n) is 3.36. The summed E-state index contributed by atoms with van der Waals surface area (Å²) in [6.45, 7) is 2.00. The quantitative estimate of drug-likeness (QED) is 0.545. The summed E-state index contributed by atoms with van der Waals surface area (Å²) in [5.41, 5.74) is 1.99. The number of allylic oxidation sites excluding steroid dienone is 4. The Kier molecular flexibility index (Phi) is 3.29. The van der Waals surface area contributed by atoms with Crippen LogP contribution in [0.5, 0.6) is 0 Å². The molecule has 0 aromatic heterocycles. The van der Waals surface area contributed by atoms with Crippen molar-refractivity contribution in [3.63, 3.8) is 0 Å². The lowest BCUT2D eigenvalue weighted by atomic mass is 9.85. The van der Waals surface area contributed by atoms with Gasteiger partial charge in [0.15, 0.2) is 11.6 Å². The second-order valence-electron chi connectivity index (χ2n) is 4.96. The molecule has 2 rings (SSSR count). The lowest BCUT2D eigenvalue weighted by molar-refractivity contribution is -0.115. The number of rotatable bonds is 2. The van der Waals surface area contributed by atoms with E-state index in [-0.39, 0.29) is 18.8 Å². The first-order chi connectivity index (χ1) is 8.29. The van der Waals surface area contributed by atoms with E-state index < -0.39 is 11.6 Å². The van der Waals surface area contributed by atoms with Crippen molar-refractivity contribution in [3.8, 4) is 0 Å². The minimum absolute atomic E-state index is 0.0877. The Morgan fingerprint density at radius 2 is 1.28 bits per heavy atom. The fourth-order valence-corrected chi connectivity index (χ4v) is 2.10. The first kappa shape index (κ1) is 13.2. The molecule has 0 aromatic rings. The monoisotopic (exact) mass is 250 g/mol. The third-order valence-corrected chi connectivity index (χ3v) is 3.36. The molecule has 4 nitrogen and oxygen atoms in total. The van der Waals surface area contributed by atoms with Gasteiger partial charge in [-0.15, -0.1) is 0 Å². The Morgan fingerprint density at radius 1 is 0.889 bits per heavy atom. The predicted octanol–water partition coefficient (Wildman–Crippen LogP) is 0.757. The molecule has 4 N–H and O–H groups in total. The largest absolute Gasteiger partial charge is 0.362 e. The van der Waals surface area contributed by atoms with Gasteiger partial charge in [0.25, 0.3) is 0 Å². The molecule has 0 saturated carbocycles. The van der Waals surface area contributed by atoms with Gasteiger partial charge < -0.3 is 20.4 Å². The van der Waals surface area contributed by atoms with Crippen LogP contribution < -0.4 is 0 Å². The summed E-state index contributed by atoms with van der Waals surface area (Å²) < 4.78 is 0. The molecular formula is C14H18O4. The fourth-order valence-electron chi connectivity index (χ4n) is 2.10. The Hall–Kier alpha value is -1.20. The first-order valence-corrected chi connectivity index (χ1v) is 5.97. The van der Waals surface area contributed by atoms with E-state index in [1.807, 2.05) is 6.92 Å². The molecule has 18 heavy (non-hydrogen) atoms. The van der Waals surface area contributed by atoms with E-state index >= 15 is 0 Å². The van der Waals surface area contributed by atoms with Crippen molar-refractivity contribution in [3.05, 3.63) is 47.6 Å². The minimum Gasteiger partial charge on any atom is -0.362 e. The molecule has 0 fully saturated rings. The normalized spacial score (nSPS) is 25.0. The van der Waals surface area contributed by atoms with Gasteiger partial charge in [-0.05, 0) is 23.3 Å². The van der Waals surface area contributed by atoms with Crippen LogP contribution in [0.15, 0.2) is 47.6 Å². The van der Waals surface area contributed by atoms with Crippen LogP contribution in [0.1, 0.15) is 19.8 Å². The maximum Gasteiger partial charge on any atom is 0.186 e. The minimum atomic E-state index is -1.74. The van der Waals surface area contributed by atoms with Crippen LogP contribution in [0.4, 0.5) is 0 Å². The lowest BCUT2D eigenvalue weighted by Crippen LogP contribution is -2.27. The lowest BCUT2D eigenvalue weighted by Gasteiger charge is -2.26. The van der Waals surface area contributed by atoms with E-state index in [1.54, 1.807) is 24.3 Å². The average molecular weight is 250 g/mol. The zero-order valence-corrected chi connectivity index (χ0v) is 10.2. The summed E-state index contributed by atoms with van der Waals surface area (Å²) in [7, 11) is 0. The molecule has 0 amide bonds. The Labute approximate surface area is 106 Å². The molecule has 0 aliphatic heterocycles. The highest BCUT2D eigenvalue weighted by molar-refractivity contribution is 5.39. The standard InChI is InChI=1S/C14H18O4/c1-10(11-2-6-13(15,16)7-3-11)12-4-8-14(17,18)9-5-12/h2-6,8,10,15-18H,7,9H2,1H3. The molecule has 98 valence electrons. The van der Waals surface area contributed by atoms with Crippen LogP contribution >= 0.6 is 0 Å². The summed E-state index contributed by atoms with van der Waals surface area (Å²) in [4.78, 5) is 0. The van der Waals surface area contributed by atoms with E-state index in [4.69, 9.17) is 0 Å². The third kappa shape index (κ3) is 2.97. The number of aliphatic hydroxyl groups is 4. The van der Waals surface area contributed by atoms with E-state index in [1.165, 1.54) is 12.2 Å². The summed E-state index contributed by atoms with van der Waals surface area (Å²) in [5.74, 6) is -3.40. The molecule has 0 aromatic carbocycles. The van der Waals surface area contributed by atoms with Gasteiger partial charge in [0.1, 0.15) is 0 Å². The number of hydrogen-bond donors (Lipinski definition) is 4. The second kappa shape index (κ2) is 4.48. The Bertz CT molecular complexity index is 410. The molecule has 2 aliphatic rings. The first-order valence-electron chi connectivity index (χ1n) is 5.97. The van der Waals surface area contributed by atoms with Crippen molar-refractivity contribution >= 4 is 0 Å². The highest BCUT2D eigenvalue weighted by Gasteiger charge is 2.26. The molecular weight excluding hydrogens is 232 g/mol. The number of hydrogen-bond acceptors (Lipinski definition) is 4. The summed E-state index contributed by atoms with van der Waals surface area (Å²) in [5, 5.41) is 37.5. The summed E-state index contributed by atoms with van der Waals surface area (Å²) in [6, 6.07) is 0. The highest BCUT2D eigenvalue weighted by atomic mass is 16.5. The molecule has 2 aliphatic carbocycles. The maximum absolute atomic E-state index is 9.38. The molecule has 0 heterocycles. The van der Waals surface area contributed by atoms with Gasteiger partial charge in [-0.25, -0.2) is 0 Å². The van der Waals surface area contributed by atoms with Gasteiger partial charge in [-0.1, -0.05) is 31.2 Å². The van der Waals surface area contributed by atoms with Gasteiger partial charge in [0.05, 0.1) is 0 Å². The smallest absolute Gasteiger partial charge is 0.186 e. The van der Waals surface area contributed by atoms with Crippen LogP contribution in [0.3, 0.4) is 0 Å². The average Bonchev–Trinajstić information content (AvgIpc) is 2.28. The highest BCUT2D eigenvalue weighted by Crippen LogP contribution is 2.31. The molecule has 0 spiro atoms. The van der Waals surface area contributed by atoms with Crippen molar-refractivity contribution < 1.29 is 20.4 Å². The van der Waals surface area contributed by atoms with Gasteiger partial charge >= 0.3 is 0 Å². The van der Waals surface area contributed by atoms with E-state index in [0.717, 1.165) is 11.1 Å². The molecule has 0 unspecified atom stereocenters. The maximum atomic E-state index is 9.38. The van der Waals surface area contributed by atoms with Gasteiger partial charge in [-0.2, -0.15) is 0 Å². The Balaban J connectivity index is 2.09. The molecule has 0 bridgehead atoms. The van der Waals surface area contributed by atoms with E-state index in [9.17, 15) is 20.4 Å². The van der Waals surface area contributed by atoms with Gasteiger partial charge in [0.2, 0.25) is 0 Å². The van der Waals surface area contributed by atoms with E-state index in [2.05, 4.69) is 0 Å². The summed E-state index contributed by atoms with van der Waals surface area (Å²) in [6.07, 6.45) is 10.1. The SMILES string of the molecule is CC(C1=CCC(O)(O)C=C1)C1=CCC(O)(O)C=C1. The van der Waals surface area contributed by atoms with Gasteiger partial charge in [0, 0.05) is 18.8 Å². The fraction of sp³-hybridized carbons (Fsp3) is 0.429. The van der Waals surface area contributed by atoms with Crippen molar-refractivity contribution in [2.24, 2.45) is 5.92 Å². The van der Waals surface area contributed by atoms with Crippen molar-refractivity contribution in [1.29, 1.82) is 0 Å². The molecule has 0 atom stereocenters. The zero-order chi connectivity index (χ0) is 13.4. The Morgan fingerprint density at radius 3 is 1.56 bits per heavy atom. The predicted molar refractivity (Wildman–Crippen MR) is 67.2 cm³/mol. The zero-order valence-electron chi connectivity index (χ0n) is 10.2. The second-order valence-corrected chi connectivity index (χ2v) is 4.96. The molecule has 0 radical (unpaired) electrons. The topological polar surface area (TPSA) is 80.9 Å². The van der Waals surface area contributed by atoms with Gasteiger partial charge in [-0.3, -0.25) is 0 Å². The van der Waals surface area contributed by atoms with Crippen molar-refractivity contribution in [2.45, 2.75) is 31.3 Å². The van der Waals surface area contributed by atoms with Crippen LogP contribution in [0.25, 0.3) is 0 Å². The molecule has 0 saturated heterocycles. The van der Waals surface area contributed by atoms with Crippen LogP contribution in [-0.4, -0.2) is 32.0 Å². The van der Waals surface area contributed by atoms with Crippen LogP contribution in [-0.2, 0) is 0 Å². The molecule has 4 heteroatoms. The van der Waals surface area contributed by atoms with Crippen molar-refractivity contribution in [1.82, 2.24) is 0 Å². The van der Waals surface area contributed by atoms with Crippen LogP contribution in [0.2, 0.25) is 0 Å². The van der Waals surface area contributed by atoms with Crippen molar-refractivity contribution in [2.75, 3.05) is 0 Å².